The molecule has 2 heterocycles. The Morgan fingerprint density at radius 2 is 1.78 bits per heavy atom. The first-order valence-corrected chi connectivity index (χ1v) is 8.83. The Balaban J connectivity index is 2.17. The third-order valence-corrected chi connectivity index (χ3v) is 4.95. The van der Waals surface area contributed by atoms with Crippen molar-refractivity contribution in [1.29, 1.82) is 0 Å². The quantitative estimate of drug-likeness (QED) is 0.846. The molecule has 1 saturated heterocycles. The second-order valence-corrected chi connectivity index (χ2v) is 9.27. The normalized spacial score (nSPS) is 23.1. The molecule has 0 aliphatic carbocycles. The Kier molecular flexibility index (Phi) is 5.16. The molecule has 23 heavy (non-hydrogen) atoms. The van der Waals surface area contributed by atoms with Crippen LogP contribution in [0.25, 0.3) is 0 Å². The van der Waals surface area contributed by atoms with Gasteiger partial charge >= 0.3 is 0 Å². The van der Waals surface area contributed by atoms with Crippen molar-refractivity contribution in [2.45, 2.75) is 59.5 Å². The first-order valence-electron chi connectivity index (χ1n) is 8.03. The lowest BCUT2D eigenvalue weighted by molar-refractivity contribution is -0.122. The van der Waals surface area contributed by atoms with E-state index in [0.29, 0.717) is 11.9 Å². The van der Waals surface area contributed by atoms with Crippen LogP contribution in [0.2, 0.25) is 0 Å². The molecule has 1 amide bonds. The number of aromatic nitrogens is 2. The van der Waals surface area contributed by atoms with Gasteiger partial charge in [0.25, 0.3) is 0 Å². The number of halogens is 1. The summed E-state index contributed by atoms with van der Waals surface area (Å²) in [5, 5.41) is 2.86. The van der Waals surface area contributed by atoms with E-state index in [-0.39, 0.29) is 22.9 Å². The van der Waals surface area contributed by atoms with Gasteiger partial charge in [-0.25, -0.2) is 9.97 Å². The predicted molar refractivity (Wildman–Crippen MR) is 96.2 cm³/mol. The van der Waals surface area contributed by atoms with Crippen LogP contribution >= 0.6 is 15.9 Å². The first-order chi connectivity index (χ1) is 10.5. The van der Waals surface area contributed by atoms with Crippen molar-refractivity contribution in [3.8, 4) is 0 Å². The molecule has 1 unspecified atom stereocenters. The van der Waals surface area contributed by atoms with Gasteiger partial charge in [0.05, 0.1) is 10.5 Å². The highest BCUT2D eigenvalue weighted by Gasteiger charge is 2.45. The van der Waals surface area contributed by atoms with Crippen LogP contribution in [0.1, 0.15) is 48.0 Å². The van der Waals surface area contributed by atoms with E-state index in [1.807, 2.05) is 0 Å². The minimum atomic E-state index is -0.147. The number of carbonyl (C=O) groups is 1. The third kappa shape index (κ3) is 4.51. The number of hydrogen-bond acceptors (Lipinski definition) is 4. The van der Waals surface area contributed by atoms with Crippen LogP contribution in [0.3, 0.4) is 0 Å². The summed E-state index contributed by atoms with van der Waals surface area (Å²) in [4.78, 5) is 23.4. The molecule has 2 rings (SSSR count). The molecular formula is C17H27BrN4O. The summed E-state index contributed by atoms with van der Waals surface area (Å²) in [5.41, 5.74) is 0.134. The van der Waals surface area contributed by atoms with Crippen molar-refractivity contribution in [1.82, 2.24) is 14.9 Å². The molecule has 1 aliphatic rings. The second kappa shape index (κ2) is 6.48. The summed E-state index contributed by atoms with van der Waals surface area (Å²) in [6.45, 7) is 14.2. The van der Waals surface area contributed by atoms with Crippen LogP contribution in [-0.4, -0.2) is 38.9 Å². The second-order valence-electron chi connectivity index (χ2n) is 8.35. The maximum absolute atomic E-state index is 12.8. The van der Waals surface area contributed by atoms with Gasteiger partial charge in [0.15, 0.2) is 0 Å². The zero-order valence-electron chi connectivity index (χ0n) is 14.9. The lowest BCUT2D eigenvalue weighted by Gasteiger charge is -2.36. The number of nitrogens with one attached hydrogen (secondary N) is 1. The number of carbonyl (C=O) groups excluding carboxylic acids is 1. The molecule has 5 nitrogen and oxygen atoms in total. The Morgan fingerprint density at radius 3 is 2.26 bits per heavy atom. The molecule has 0 saturated carbocycles. The highest BCUT2D eigenvalue weighted by Crippen LogP contribution is 2.40. The van der Waals surface area contributed by atoms with Gasteiger partial charge in [-0.1, -0.05) is 20.8 Å². The fourth-order valence-electron chi connectivity index (χ4n) is 3.02. The number of nitrogens with zero attached hydrogens (tertiary/aromatic N) is 3. The Bertz CT molecular complexity index is 559. The highest BCUT2D eigenvalue weighted by atomic mass is 79.9. The Hall–Kier alpha value is -1.01. The van der Waals surface area contributed by atoms with E-state index in [0.717, 1.165) is 17.4 Å². The fraction of sp³-hybridized carbons (Fsp3) is 0.706. The van der Waals surface area contributed by atoms with Crippen LogP contribution in [0, 0.1) is 11.3 Å². The van der Waals surface area contributed by atoms with E-state index in [2.05, 4.69) is 77.7 Å². The molecule has 1 aromatic heterocycles. The van der Waals surface area contributed by atoms with Gasteiger partial charge in [0, 0.05) is 24.5 Å². The Morgan fingerprint density at radius 1 is 1.22 bits per heavy atom. The van der Waals surface area contributed by atoms with Gasteiger partial charge in [-0.2, -0.15) is 0 Å². The molecule has 6 heteroatoms. The minimum absolute atomic E-state index is 0.0194. The van der Waals surface area contributed by atoms with Crippen LogP contribution in [0.15, 0.2) is 16.9 Å². The first kappa shape index (κ1) is 18.3. The molecule has 0 spiro atoms. The van der Waals surface area contributed by atoms with E-state index in [4.69, 9.17) is 0 Å². The number of likely N-dealkylation sites (tertiary alicyclic amines) is 1. The average molecular weight is 383 g/mol. The Labute approximate surface area is 147 Å². The number of rotatable bonds is 2. The molecule has 1 aliphatic heterocycles. The number of amides is 1. The molecule has 1 aromatic rings. The number of hydrogen-bond donors (Lipinski definition) is 1. The smallest absolute Gasteiger partial charge is 0.244 e. The van der Waals surface area contributed by atoms with Gasteiger partial charge in [-0.05, 0) is 54.5 Å². The van der Waals surface area contributed by atoms with Crippen LogP contribution < -0.4 is 5.32 Å². The summed E-state index contributed by atoms with van der Waals surface area (Å²) in [6, 6.07) is -0.147. The van der Waals surface area contributed by atoms with E-state index in [1.165, 1.54) is 0 Å². The summed E-state index contributed by atoms with van der Waals surface area (Å²) in [7, 11) is 0. The lowest BCUT2D eigenvalue weighted by atomic mass is 9.79. The average Bonchev–Trinajstić information content (AvgIpc) is 2.86. The molecule has 1 fully saturated rings. The molecule has 0 bridgehead atoms. The van der Waals surface area contributed by atoms with E-state index < -0.39 is 0 Å². The summed E-state index contributed by atoms with van der Waals surface area (Å²) in [5.74, 6) is 0.823. The standard InChI is InChI=1S/C17H27BrN4O/c1-16(2,3)11-7-13(22(10-11)17(4,5)6)14(23)21-15-19-8-12(18)9-20-15/h8-9,11,13H,7,10H2,1-6H3,(H,19,20,21,23)/t11?,13-/m0/s1. The van der Waals surface area contributed by atoms with Gasteiger partial charge < -0.3 is 0 Å². The van der Waals surface area contributed by atoms with Crippen molar-refractivity contribution < 1.29 is 4.79 Å². The van der Waals surface area contributed by atoms with Gasteiger partial charge in [0.2, 0.25) is 11.9 Å². The SMILES string of the molecule is CC(C)(C)C1C[C@@H](C(=O)Nc2ncc(Br)cn2)N(C(C)(C)C)C1. The van der Waals surface area contributed by atoms with Crippen molar-refractivity contribution in [2.75, 3.05) is 11.9 Å². The molecule has 128 valence electrons. The molecule has 0 aromatic carbocycles. The maximum atomic E-state index is 12.8. The van der Waals surface area contributed by atoms with Crippen LogP contribution in [-0.2, 0) is 4.79 Å². The molecule has 2 atom stereocenters. The highest BCUT2D eigenvalue weighted by molar-refractivity contribution is 9.10. The molecule has 1 N–H and O–H groups in total. The van der Waals surface area contributed by atoms with Crippen molar-refractivity contribution in [3.05, 3.63) is 16.9 Å². The summed E-state index contributed by atoms with van der Waals surface area (Å²) < 4.78 is 0.792. The monoisotopic (exact) mass is 382 g/mol. The predicted octanol–water partition coefficient (Wildman–Crippen LogP) is 3.71. The lowest BCUT2D eigenvalue weighted by Crippen LogP contribution is -2.49. The zero-order chi connectivity index (χ0) is 17.4. The van der Waals surface area contributed by atoms with E-state index >= 15 is 0 Å². The summed E-state index contributed by atoms with van der Waals surface area (Å²) >= 11 is 3.30. The van der Waals surface area contributed by atoms with Crippen molar-refractivity contribution >= 4 is 27.8 Å². The summed E-state index contributed by atoms with van der Waals surface area (Å²) in [6.07, 6.45) is 4.14. The van der Waals surface area contributed by atoms with E-state index in [1.54, 1.807) is 12.4 Å². The van der Waals surface area contributed by atoms with Gasteiger partial charge in [0.1, 0.15) is 0 Å². The van der Waals surface area contributed by atoms with Gasteiger partial charge in [-0.15, -0.1) is 0 Å². The topological polar surface area (TPSA) is 58.1 Å². The van der Waals surface area contributed by atoms with Crippen molar-refractivity contribution in [2.24, 2.45) is 11.3 Å². The van der Waals surface area contributed by atoms with Crippen LogP contribution in [0.4, 0.5) is 5.95 Å². The van der Waals surface area contributed by atoms with E-state index in [9.17, 15) is 4.79 Å². The maximum Gasteiger partial charge on any atom is 0.244 e. The largest absolute Gasteiger partial charge is 0.293 e. The van der Waals surface area contributed by atoms with Crippen LogP contribution in [0.5, 0.6) is 0 Å². The number of anilines is 1. The minimum Gasteiger partial charge on any atom is -0.293 e. The zero-order valence-corrected chi connectivity index (χ0v) is 16.4. The van der Waals surface area contributed by atoms with Crippen molar-refractivity contribution in [3.63, 3.8) is 0 Å². The molecular weight excluding hydrogens is 356 g/mol. The third-order valence-electron chi connectivity index (χ3n) is 4.55. The van der Waals surface area contributed by atoms with Gasteiger partial charge in [-0.3, -0.25) is 15.0 Å². The fourth-order valence-corrected chi connectivity index (χ4v) is 3.23. The molecule has 0 radical (unpaired) electrons.